The quantitative estimate of drug-likeness (QED) is 0.478. The third kappa shape index (κ3) is 2.97. The maximum atomic E-state index is 11.0. The molecular weight excluding hydrogens is 278 g/mol. The van der Waals surface area contributed by atoms with Gasteiger partial charge in [-0.25, -0.2) is 0 Å². The molecule has 0 N–H and O–H groups in total. The van der Waals surface area contributed by atoms with Crippen molar-refractivity contribution in [2.45, 2.75) is 9.79 Å². The van der Waals surface area contributed by atoms with Crippen molar-refractivity contribution in [3.8, 4) is 5.75 Å². The Morgan fingerprint density at radius 3 is 2.45 bits per heavy atom. The van der Waals surface area contributed by atoms with Gasteiger partial charge >= 0.3 is 0 Å². The van der Waals surface area contributed by atoms with Gasteiger partial charge in [-0.2, -0.15) is 0 Å². The minimum absolute atomic E-state index is 0.0737. The second kappa shape index (κ2) is 6.21. The number of aldehydes is 1. The Bertz CT molecular complexity index is 640. The highest BCUT2D eigenvalue weighted by atomic mass is 32.2. The van der Waals surface area contributed by atoms with Crippen LogP contribution in [0.1, 0.15) is 10.4 Å². The van der Waals surface area contributed by atoms with Crippen LogP contribution in [0.2, 0.25) is 0 Å². The Morgan fingerprint density at radius 1 is 1.20 bits per heavy atom. The van der Waals surface area contributed by atoms with Crippen molar-refractivity contribution in [1.82, 2.24) is 0 Å². The molecule has 2 aromatic rings. The summed E-state index contributed by atoms with van der Waals surface area (Å²) in [6.07, 6.45) is 0.624. The molecule has 2 rings (SSSR count). The van der Waals surface area contributed by atoms with Gasteiger partial charge in [0, 0.05) is 16.5 Å². The molecule has 0 saturated carbocycles. The predicted molar refractivity (Wildman–Crippen MR) is 75.6 cm³/mol. The van der Waals surface area contributed by atoms with Gasteiger partial charge in [-0.3, -0.25) is 14.9 Å². The van der Waals surface area contributed by atoms with E-state index in [1.807, 2.05) is 0 Å². The Balaban J connectivity index is 2.40. The third-order valence-electron chi connectivity index (χ3n) is 2.63. The van der Waals surface area contributed by atoms with Crippen LogP contribution in [0, 0.1) is 10.1 Å². The van der Waals surface area contributed by atoms with Crippen molar-refractivity contribution in [1.29, 1.82) is 0 Å². The van der Waals surface area contributed by atoms with Crippen LogP contribution in [-0.2, 0) is 0 Å². The number of ether oxygens (including phenoxy) is 1. The highest BCUT2D eigenvalue weighted by molar-refractivity contribution is 7.99. The summed E-state index contributed by atoms with van der Waals surface area (Å²) in [5, 5.41) is 11.0. The van der Waals surface area contributed by atoms with E-state index < -0.39 is 4.92 Å². The lowest BCUT2D eigenvalue weighted by molar-refractivity contribution is -0.387. The predicted octanol–water partition coefficient (Wildman–Crippen LogP) is 3.57. The number of rotatable bonds is 5. The monoisotopic (exact) mass is 289 g/mol. The number of hydrogen-bond acceptors (Lipinski definition) is 5. The molecule has 0 bridgehead atoms. The van der Waals surface area contributed by atoms with Gasteiger partial charge in [-0.05, 0) is 24.3 Å². The van der Waals surface area contributed by atoms with Crippen LogP contribution in [0.5, 0.6) is 5.75 Å². The van der Waals surface area contributed by atoms with E-state index in [9.17, 15) is 14.9 Å². The Labute approximate surface area is 119 Å². The highest BCUT2D eigenvalue weighted by Crippen LogP contribution is 2.37. The number of nitro benzene ring substituents is 1. The van der Waals surface area contributed by atoms with Gasteiger partial charge in [0.1, 0.15) is 10.6 Å². The number of nitrogens with zero attached hydrogens (tertiary/aromatic N) is 1. The number of benzene rings is 2. The van der Waals surface area contributed by atoms with Crippen LogP contribution in [0.4, 0.5) is 5.69 Å². The van der Waals surface area contributed by atoms with Crippen molar-refractivity contribution < 1.29 is 14.5 Å². The molecule has 0 aliphatic carbocycles. The molecule has 0 fully saturated rings. The summed E-state index contributed by atoms with van der Waals surface area (Å²) >= 11 is 1.18. The maximum absolute atomic E-state index is 11.0. The van der Waals surface area contributed by atoms with E-state index in [1.54, 1.807) is 37.4 Å². The van der Waals surface area contributed by atoms with Crippen LogP contribution in [0.15, 0.2) is 52.3 Å². The van der Waals surface area contributed by atoms with Crippen molar-refractivity contribution in [2.24, 2.45) is 0 Å². The first-order valence-electron chi connectivity index (χ1n) is 5.70. The average Bonchev–Trinajstić information content (AvgIpc) is 2.48. The van der Waals surface area contributed by atoms with Gasteiger partial charge < -0.3 is 4.74 Å². The van der Waals surface area contributed by atoms with Gasteiger partial charge in [0.15, 0.2) is 6.29 Å². The number of carbonyl (C=O) groups is 1. The molecular formula is C14H11NO4S. The Morgan fingerprint density at radius 2 is 1.90 bits per heavy atom. The standard InChI is InChI=1S/C14H11NO4S/c1-19-11-5-7-12(8-6-11)20-14-10(9-16)3-2-4-13(14)15(17)18/h2-9H,1H3. The van der Waals surface area contributed by atoms with Crippen molar-refractivity contribution in [3.63, 3.8) is 0 Å². The lowest BCUT2D eigenvalue weighted by Gasteiger charge is -2.06. The molecule has 0 heterocycles. The normalized spacial score (nSPS) is 10.1. The molecule has 0 atom stereocenters. The summed E-state index contributed by atoms with van der Waals surface area (Å²) in [4.78, 5) is 22.7. The molecule has 6 heteroatoms. The van der Waals surface area contributed by atoms with E-state index in [2.05, 4.69) is 0 Å². The molecule has 2 aromatic carbocycles. The second-order valence-corrected chi connectivity index (χ2v) is 4.93. The fourth-order valence-corrected chi connectivity index (χ4v) is 2.64. The van der Waals surface area contributed by atoms with E-state index in [1.165, 1.54) is 23.9 Å². The van der Waals surface area contributed by atoms with Gasteiger partial charge in [0.05, 0.1) is 12.0 Å². The molecule has 20 heavy (non-hydrogen) atoms. The van der Waals surface area contributed by atoms with Crippen LogP contribution < -0.4 is 4.74 Å². The lowest BCUT2D eigenvalue weighted by atomic mass is 10.2. The molecule has 0 amide bonds. The Kier molecular flexibility index (Phi) is 4.37. The number of nitro groups is 1. The van der Waals surface area contributed by atoms with Crippen LogP contribution in [0.3, 0.4) is 0 Å². The first-order valence-corrected chi connectivity index (χ1v) is 6.52. The molecule has 0 radical (unpaired) electrons. The van der Waals surface area contributed by atoms with E-state index in [0.29, 0.717) is 22.5 Å². The van der Waals surface area contributed by atoms with Crippen LogP contribution in [0.25, 0.3) is 0 Å². The second-order valence-electron chi connectivity index (χ2n) is 3.85. The molecule has 0 saturated heterocycles. The molecule has 0 aliphatic rings. The summed E-state index contributed by atoms with van der Waals surface area (Å²) in [5.74, 6) is 0.701. The summed E-state index contributed by atoms with van der Waals surface area (Å²) in [6, 6.07) is 11.5. The first kappa shape index (κ1) is 14.1. The summed E-state index contributed by atoms with van der Waals surface area (Å²) in [5.41, 5.74) is 0.232. The van der Waals surface area contributed by atoms with Crippen molar-refractivity contribution in [3.05, 3.63) is 58.1 Å². The summed E-state index contributed by atoms with van der Waals surface area (Å²) < 4.78 is 5.05. The van der Waals surface area contributed by atoms with Crippen LogP contribution >= 0.6 is 11.8 Å². The SMILES string of the molecule is COc1ccc(Sc2c(C=O)cccc2[N+](=O)[O-])cc1. The maximum Gasteiger partial charge on any atom is 0.283 e. The largest absolute Gasteiger partial charge is 0.497 e. The fourth-order valence-electron chi connectivity index (χ4n) is 1.65. The molecule has 0 aliphatic heterocycles. The minimum Gasteiger partial charge on any atom is -0.497 e. The lowest BCUT2D eigenvalue weighted by Crippen LogP contribution is -1.94. The summed E-state index contributed by atoms with van der Waals surface area (Å²) in [7, 11) is 1.56. The van der Waals surface area contributed by atoms with Crippen molar-refractivity contribution >= 4 is 23.7 Å². The Hall–Kier alpha value is -2.34. The van der Waals surface area contributed by atoms with E-state index >= 15 is 0 Å². The molecule has 102 valence electrons. The van der Waals surface area contributed by atoms with E-state index in [-0.39, 0.29) is 5.69 Å². The van der Waals surface area contributed by atoms with Gasteiger partial charge in [0.25, 0.3) is 5.69 Å². The third-order valence-corrected chi connectivity index (χ3v) is 3.78. The molecule has 0 spiro atoms. The topological polar surface area (TPSA) is 69.4 Å². The first-order chi connectivity index (χ1) is 9.65. The zero-order valence-corrected chi connectivity index (χ0v) is 11.4. The molecule has 0 unspecified atom stereocenters. The number of methoxy groups -OCH3 is 1. The van der Waals surface area contributed by atoms with Gasteiger partial charge in [-0.15, -0.1) is 0 Å². The van der Waals surface area contributed by atoms with E-state index in [0.717, 1.165) is 4.90 Å². The van der Waals surface area contributed by atoms with Crippen LogP contribution in [-0.4, -0.2) is 18.3 Å². The zero-order chi connectivity index (χ0) is 14.5. The van der Waals surface area contributed by atoms with Gasteiger partial charge in [0.2, 0.25) is 0 Å². The van der Waals surface area contributed by atoms with E-state index in [4.69, 9.17) is 4.74 Å². The average molecular weight is 289 g/mol. The minimum atomic E-state index is -0.487. The highest BCUT2D eigenvalue weighted by Gasteiger charge is 2.18. The molecule has 0 aromatic heterocycles. The summed E-state index contributed by atoms with van der Waals surface area (Å²) in [6.45, 7) is 0. The number of hydrogen-bond donors (Lipinski definition) is 0. The zero-order valence-electron chi connectivity index (χ0n) is 10.6. The smallest absolute Gasteiger partial charge is 0.283 e. The van der Waals surface area contributed by atoms with Gasteiger partial charge in [-0.1, -0.05) is 23.9 Å². The fraction of sp³-hybridized carbons (Fsp3) is 0.0714. The molecule has 5 nitrogen and oxygen atoms in total. The van der Waals surface area contributed by atoms with Crippen molar-refractivity contribution in [2.75, 3.05) is 7.11 Å². The number of carbonyl (C=O) groups excluding carboxylic acids is 1.